The lowest BCUT2D eigenvalue weighted by atomic mass is 9.98. The number of nitrogens with one attached hydrogen (secondary N) is 2. The first kappa shape index (κ1) is 30.6. The lowest BCUT2D eigenvalue weighted by molar-refractivity contribution is -0.139. The van der Waals surface area contributed by atoms with Crippen LogP contribution in [0.4, 0.5) is 9.59 Å². The topological polar surface area (TPSA) is 164 Å². The number of ether oxygens (including phenoxy) is 2. The van der Waals surface area contributed by atoms with E-state index in [1.165, 1.54) is 12.1 Å². The van der Waals surface area contributed by atoms with Crippen LogP contribution in [0.15, 0.2) is 80.4 Å². The number of hydrogen-bond acceptors (Lipinski definition) is 8. The predicted molar refractivity (Wildman–Crippen MR) is 164 cm³/mol. The minimum atomic E-state index is -1.19. The Hall–Kier alpha value is -4.84. The number of carbonyl (C=O) groups excluding carboxylic acids is 2. The summed E-state index contributed by atoms with van der Waals surface area (Å²) < 4.78 is 16.2. The highest BCUT2D eigenvalue weighted by Crippen LogP contribution is 2.44. The van der Waals surface area contributed by atoms with Gasteiger partial charge in [-0.3, -0.25) is 0 Å². The summed E-state index contributed by atoms with van der Waals surface area (Å²) in [7, 11) is 0. The number of unbranched alkanes of at least 4 members (excludes halogenated alkanes) is 1. The molecule has 44 heavy (non-hydrogen) atoms. The van der Waals surface area contributed by atoms with Crippen LogP contribution in [-0.4, -0.2) is 47.6 Å². The fourth-order valence-electron chi connectivity index (χ4n) is 5.25. The summed E-state index contributed by atoms with van der Waals surface area (Å²) in [4.78, 5) is 48.3. The van der Waals surface area contributed by atoms with Gasteiger partial charge in [-0.2, -0.15) is 0 Å². The van der Waals surface area contributed by atoms with Gasteiger partial charge in [0.05, 0.1) is 4.47 Å². The number of fused-ring (bicyclic) bond motifs is 4. The molecular formula is C32H29BrN2O9. The van der Waals surface area contributed by atoms with Gasteiger partial charge in [0.2, 0.25) is 0 Å². The summed E-state index contributed by atoms with van der Waals surface area (Å²) in [6.07, 6.45) is -0.594. The Bertz CT molecular complexity index is 1730. The van der Waals surface area contributed by atoms with E-state index >= 15 is 0 Å². The van der Waals surface area contributed by atoms with Crippen LogP contribution in [0.2, 0.25) is 0 Å². The monoisotopic (exact) mass is 664 g/mol. The van der Waals surface area contributed by atoms with Gasteiger partial charge in [-0.1, -0.05) is 48.5 Å². The molecule has 11 nitrogen and oxygen atoms in total. The zero-order chi connectivity index (χ0) is 31.2. The second-order valence-electron chi connectivity index (χ2n) is 10.2. The van der Waals surface area contributed by atoms with Gasteiger partial charge in [0.15, 0.2) is 0 Å². The molecule has 0 aliphatic heterocycles. The van der Waals surface area contributed by atoms with E-state index in [1.807, 2.05) is 48.5 Å². The van der Waals surface area contributed by atoms with E-state index in [0.29, 0.717) is 28.3 Å². The molecule has 0 spiro atoms. The molecule has 1 atom stereocenters. The van der Waals surface area contributed by atoms with E-state index in [4.69, 9.17) is 13.9 Å². The Balaban J connectivity index is 1.05. The summed E-state index contributed by atoms with van der Waals surface area (Å²) in [5.41, 5.74) is 4.18. The summed E-state index contributed by atoms with van der Waals surface area (Å²) in [5, 5.41) is 24.9. The maximum absolute atomic E-state index is 12.5. The lowest BCUT2D eigenvalue weighted by Gasteiger charge is -2.17. The summed E-state index contributed by atoms with van der Waals surface area (Å²) in [6.45, 7) is 0.0607. The first-order chi connectivity index (χ1) is 21.2. The van der Waals surface area contributed by atoms with Gasteiger partial charge in [0.1, 0.15) is 30.6 Å². The molecule has 1 heterocycles. The standard InChI is InChI=1S/C32H29BrN2O9/c33-25-14-23-18(13-29(37)44-28(23)15-27(25)36)16-42-31(40)34-12-6-5-11-26(30(38)39)35-32(41)43-17-24-21-9-3-1-7-19(21)20-8-2-4-10-22(20)24/h1-4,7-10,13-15,24,26,36H,5-6,11-12,16-17H2,(H,34,40)(H,35,41)(H,38,39)/t26-/m0/s1. The number of phenolic OH excluding ortho intramolecular Hbond substituents is 1. The van der Waals surface area contributed by atoms with Crippen molar-refractivity contribution in [2.75, 3.05) is 13.2 Å². The lowest BCUT2D eigenvalue weighted by Crippen LogP contribution is -2.41. The van der Waals surface area contributed by atoms with Crippen molar-refractivity contribution in [2.45, 2.75) is 37.8 Å². The normalized spacial score (nSPS) is 12.7. The Morgan fingerprint density at radius 1 is 0.932 bits per heavy atom. The van der Waals surface area contributed by atoms with Crippen LogP contribution in [-0.2, 0) is 20.9 Å². The molecule has 1 aliphatic carbocycles. The average Bonchev–Trinajstić information content (AvgIpc) is 3.32. The molecule has 4 N–H and O–H groups in total. The van der Waals surface area contributed by atoms with E-state index in [1.54, 1.807) is 6.07 Å². The van der Waals surface area contributed by atoms with Crippen molar-refractivity contribution >= 4 is 45.1 Å². The molecule has 2 amide bonds. The number of aromatic hydroxyl groups is 1. The number of halogens is 1. The summed E-state index contributed by atoms with van der Waals surface area (Å²) in [5.74, 6) is -1.43. The summed E-state index contributed by atoms with van der Waals surface area (Å²) in [6, 6.07) is 18.7. The van der Waals surface area contributed by atoms with Crippen LogP contribution >= 0.6 is 15.9 Å². The van der Waals surface area contributed by atoms with E-state index < -0.39 is 29.8 Å². The van der Waals surface area contributed by atoms with E-state index in [9.17, 15) is 29.4 Å². The van der Waals surface area contributed by atoms with Crippen molar-refractivity contribution in [1.82, 2.24) is 10.6 Å². The fourth-order valence-corrected chi connectivity index (χ4v) is 5.60. The van der Waals surface area contributed by atoms with Crippen molar-refractivity contribution in [2.24, 2.45) is 0 Å². The molecule has 1 aromatic heterocycles. The molecule has 4 aromatic rings. The molecule has 0 fully saturated rings. The smallest absolute Gasteiger partial charge is 0.407 e. The number of benzene rings is 3. The van der Waals surface area contributed by atoms with Crippen LogP contribution in [0.1, 0.15) is 41.9 Å². The quantitative estimate of drug-likeness (QED) is 0.117. The van der Waals surface area contributed by atoms with Crippen molar-refractivity contribution in [3.63, 3.8) is 0 Å². The van der Waals surface area contributed by atoms with Crippen molar-refractivity contribution < 1.29 is 38.5 Å². The van der Waals surface area contributed by atoms with Crippen molar-refractivity contribution in [1.29, 1.82) is 0 Å². The third-order valence-electron chi connectivity index (χ3n) is 7.38. The van der Waals surface area contributed by atoms with Gasteiger partial charge >= 0.3 is 23.8 Å². The molecule has 1 aliphatic rings. The van der Waals surface area contributed by atoms with Gasteiger partial charge in [0, 0.05) is 35.5 Å². The second kappa shape index (κ2) is 13.6. The molecule has 0 saturated heterocycles. The zero-order valence-corrected chi connectivity index (χ0v) is 25.0. The second-order valence-corrected chi connectivity index (χ2v) is 11.1. The maximum Gasteiger partial charge on any atom is 0.407 e. The van der Waals surface area contributed by atoms with Gasteiger partial charge in [0.25, 0.3) is 0 Å². The Morgan fingerprint density at radius 2 is 1.61 bits per heavy atom. The maximum atomic E-state index is 12.5. The minimum Gasteiger partial charge on any atom is -0.507 e. The molecule has 0 unspecified atom stereocenters. The van der Waals surface area contributed by atoms with Crippen LogP contribution in [0.5, 0.6) is 5.75 Å². The Kier molecular flexibility index (Phi) is 9.49. The number of phenols is 1. The highest BCUT2D eigenvalue weighted by atomic mass is 79.9. The van der Waals surface area contributed by atoms with Crippen molar-refractivity contribution in [3.05, 3.63) is 98.3 Å². The van der Waals surface area contributed by atoms with E-state index in [-0.39, 0.29) is 43.4 Å². The number of carboxylic acids is 1. The minimum absolute atomic E-state index is 0.0711. The number of carbonyl (C=O) groups is 3. The number of alkyl carbamates (subject to hydrolysis) is 2. The third-order valence-corrected chi connectivity index (χ3v) is 8.01. The Morgan fingerprint density at radius 3 is 2.30 bits per heavy atom. The van der Waals surface area contributed by atoms with Crippen LogP contribution in [0, 0.1) is 0 Å². The van der Waals surface area contributed by atoms with Gasteiger partial charge in [-0.15, -0.1) is 0 Å². The van der Waals surface area contributed by atoms with Crippen molar-refractivity contribution in [3.8, 4) is 16.9 Å². The molecule has 12 heteroatoms. The first-order valence-corrected chi connectivity index (χ1v) is 14.7. The molecule has 3 aromatic carbocycles. The molecule has 0 radical (unpaired) electrons. The molecule has 228 valence electrons. The number of amides is 2. The molecule has 5 rings (SSSR count). The molecular weight excluding hydrogens is 636 g/mol. The number of rotatable bonds is 11. The zero-order valence-electron chi connectivity index (χ0n) is 23.4. The third kappa shape index (κ3) is 7.03. The highest BCUT2D eigenvalue weighted by Gasteiger charge is 2.29. The van der Waals surface area contributed by atoms with Crippen LogP contribution in [0.25, 0.3) is 22.1 Å². The highest BCUT2D eigenvalue weighted by molar-refractivity contribution is 9.10. The van der Waals surface area contributed by atoms with Gasteiger partial charge in [-0.05, 0) is 63.5 Å². The SMILES string of the molecule is O=C(NCCCC[C@H](NC(=O)OCC1c2ccccc2-c2ccccc21)C(=O)O)OCc1cc(=O)oc2cc(O)c(Br)cc12. The Labute approximate surface area is 259 Å². The van der Waals surface area contributed by atoms with E-state index in [2.05, 4.69) is 26.6 Å². The van der Waals surface area contributed by atoms with Gasteiger partial charge < -0.3 is 34.7 Å². The fraction of sp³-hybridized carbons (Fsp3) is 0.250. The average molecular weight is 665 g/mol. The van der Waals surface area contributed by atoms with Crippen LogP contribution < -0.4 is 16.3 Å². The van der Waals surface area contributed by atoms with Crippen LogP contribution in [0.3, 0.4) is 0 Å². The summed E-state index contributed by atoms with van der Waals surface area (Å²) >= 11 is 3.21. The molecule has 0 bridgehead atoms. The number of carboxylic acid groups (broad SMARTS) is 1. The first-order valence-electron chi connectivity index (χ1n) is 13.9. The largest absolute Gasteiger partial charge is 0.507 e. The number of aliphatic carboxylic acids is 1. The van der Waals surface area contributed by atoms with Gasteiger partial charge in [-0.25, -0.2) is 19.2 Å². The predicted octanol–water partition coefficient (Wildman–Crippen LogP) is 5.65. The molecule has 0 saturated carbocycles. The van der Waals surface area contributed by atoms with E-state index in [0.717, 1.165) is 22.3 Å². The number of hydrogen-bond donors (Lipinski definition) is 4.